The number of Topliss-reactive ketones (excluding diaryl/α,β-unsaturated/α-hetero) is 1. The fraction of sp³-hybridized carbons (Fsp3) is 0.0800. The van der Waals surface area contributed by atoms with Crippen LogP contribution in [0, 0.1) is 10.1 Å². The summed E-state index contributed by atoms with van der Waals surface area (Å²) < 4.78 is 8.15. The number of methoxy groups -OCH3 is 1. The number of nitro benzene ring substituents is 1. The van der Waals surface area contributed by atoms with Crippen molar-refractivity contribution in [2.75, 3.05) is 12.9 Å². The van der Waals surface area contributed by atoms with E-state index in [-0.39, 0.29) is 22.8 Å². The molecular formula is C25H17ClN4O4S2. The molecule has 0 unspecified atom stereocenters. The molecule has 0 saturated carbocycles. The second kappa shape index (κ2) is 10.1. The minimum atomic E-state index is -0.521. The molecule has 0 saturated heterocycles. The van der Waals surface area contributed by atoms with Gasteiger partial charge in [0.05, 0.1) is 27.7 Å². The van der Waals surface area contributed by atoms with Crippen molar-refractivity contribution in [2.24, 2.45) is 0 Å². The maximum atomic E-state index is 12.8. The van der Waals surface area contributed by atoms with Gasteiger partial charge < -0.3 is 4.74 Å². The van der Waals surface area contributed by atoms with E-state index in [1.165, 1.54) is 41.3 Å². The number of carbonyl (C=O) groups is 1. The molecule has 2 aromatic heterocycles. The number of hydrogen-bond acceptors (Lipinski definition) is 8. The Morgan fingerprint density at radius 1 is 1.11 bits per heavy atom. The number of non-ortho nitro benzene ring substituents is 1. The van der Waals surface area contributed by atoms with Gasteiger partial charge in [-0.1, -0.05) is 53.7 Å². The zero-order valence-electron chi connectivity index (χ0n) is 18.8. The Bertz CT molecular complexity index is 1600. The van der Waals surface area contributed by atoms with Crippen LogP contribution in [0.3, 0.4) is 0 Å². The van der Waals surface area contributed by atoms with E-state index in [0.29, 0.717) is 16.0 Å². The summed E-state index contributed by atoms with van der Waals surface area (Å²) in [5.74, 6) is 1.06. The van der Waals surface area contributed by atoms with Crippen LogP contribution in [0.2, 0.25) is 5.02 Å². The summed E-state index contributed by atoms with van der Waals surface area (Å²) in [6, 6.07) is 20.9. The zero-order chi connectivity index (χ0) is 25.2. The molecule has 36 heavy (non-hydrogen) atoms. The van der Waals surface area contributed by atoms with Crippen molar-refractivity contribution in [2.45, 2.75) is 5.16 Å². The van der Waals surface area contributed by atoms with Gasteiger partial charge in [0, 0.05) is 33.5 Å². The molecular weight excluding hydrogens is 520 g/mol. The topological polar surface area (TPSA) is 100 Å². The first-order valence-corrected chi connectivity index (χ1v) is 12.8. The van der Waals surface area contributed by atoms with E-state index >= 15 is 0 Å². The van der Waals surface area contributed by atoms with Gasteiger partial charge in [0.1, 0.15) is 5.75 Å². The van der Waals surface area contributed by atoms with Gasteiger partial charge in [-0.3, -0.25) is 19.5 Å². The van der Waals surface area contributed by atoms with Crippen LogP contribution >= 0.6 is 34.7 Å². The number of carbonyl (C=O) groups excluding carboxylic acids is 1. The number of fused-ring (bicyclic) bond motifs is 1. The van der Waals surface area contributed by atoms with E-state index < -0.39 is 4.92 Å². The third kappa shape index (κ3) is 4.58. The molecule has 0 radical (unpaired) electrons. The van der Waals surface area contributed by atoms with Crippen molar-refractivity contribution >= 4 is 56.3 Å². The zero-order valence-corrected chi connectivity index (χ0v) is 21.1. The van der Waals surface area contributed by atoms with Gasteiger partial charge in [0.2, 0.25) is 0 Å². The van der Waals surface area contributed by atoms with Gasteiger partial charge in [-0.15, -0.1) is 21.5 Å². The minimum Gasteiger partial charge on any atom is -0.497 e. The molecule has 5 rings (SSSR count). The van der Waals surface area contributed by atoms with E-state index in [9.17, 15) is 14.9 Å². The van der Waals surface area contributed by atoms with Crippen molar-refractivity contribution in [1.82, 2.24) is 14.8 Å². The predicted octanol–water partition coefficient (Wildman–Crippen LogP) is 6.69. The Kier molecular flexibility index (Phi) is 6.73. The Labute approximate surface area is 218 Å². The Balaban J connectivity index is 1.52. The highest BCUT2D eigenvalue weighted by atomic mass is 35.5. The molecule has 0 atom stereocenters. The van der Waals surface area contributed by atoms with Crippen LogP contribution in [0.15, 0.2) is 78.0 Å². The van der Waals surface area contributed by atoms with Crippen LogP contribution in [-0.4, -0.2) is 38.3 Å². The van der Waals surface area contributed by atoms with Crippen molar-refractivity contribution in [3.05, 3.63) is 93.5 Å². The lowest BCUT2D eigenvalue weighted by atomic mass is 10.1. The fourth-order valence-corrected chi connectivity index (χ4v) is 6.01. The molecule has 0 fully saturated rings. The minimum absolute atomic E-state index is 0.0312. The van der Waals surface area contributed by atoms with E-state index in [2.05, 4.69) is 10.2 Å². The maximum Gasteiger partial charge on any atom is 0.270 e. The molecule has 0 N–H and O–H groups in total. The highest BCUT2D eigenvalue weighted by Gasteiger charge is 2.23. The van der Waals surface area contributed by atoms with Crippen LogP contribution in [0.4, 0.5) is 5.69 Å². The smallest absolute Gasteiger partial charge is 0.270 e. The summed E-state index contributed by atoms with van der Waals surface area (Å²) in [7, 11) is 1.61. The average molecular weight is 537 g/mol. The van der Waals surface area contributed by atoms with Crippen LogP contribution < -0.4 is 4.74 Å². The lowest BCUT2D eigenvalue weighted by molar-refractivity contribution is -0.384. The first-order chi connectivity index (χ1) is 17.5. The van der Waals surface area contributed by atoms with Crippen molar-refractivity contribution < 1.29 is 14.5 Å². The molecule has 11 heteroatoms. The summed E-state index contributed by atoms with van der Waals surface area (Å²) in [5, 5.41) is 21.8. The Morgan fingerprint density at radius 2 is 1.92 bits per heavy atom. The average Bonchev–Trinajstić information content (AvgIpc) is 3.48. The largest absolute Gasteiger partial charge is 0.497 e. The molecule has 0 aliphatic heterocycles. The van der Waals surface area contributed by atoms with Gasteiger partial charge in [-0.25, -0.2) is 0 Å². The number of rotatable bonds is 8. The molecule has 180 valence electrons. The number of nitro groups is 1. The Hall–Kier alpha value is -3.73. The van der Waals surface area contributed by atoms with Crippen molar-refractivity contribution in [3.63, 3.8) is 0 Å². The summed E-state index contributed by atoms with van der Waals surface area (Å²) in [5.41, 5.74) is 0.953. The number of thioether (sulfide) groups is 1. The summed E-state index contributed by atoms with van der Waals surface area (Å²) >= 11 is 9.46. The third-order valence-electron chi connectivity index (χ3n) is 5.40. The van der Waals surface area contributed by atoms with Gasteiger partial charge in [-0.2, -0.15) is 0 Å². The van der Waals surface area contributed by atoms with Crippen LogP contribution in [-0.2, 0) is 0 Å². The lowest BCUT2D eigenvalue weighted by Gasteiger charge is -2.09. The SMILES string of the molecule is COc1ccc2c(Cl)c(-c3nnc(SCC(=O)c4cccc([N+](=O)[O-])c4)n3-c3ccccc3)sc2c1. The fourth-order valence-electron chi connectivity index (χ4n) is 3.64. The summed E-state index contributed by atoms with van der Waals surface area (Å²) in [6.45, 7) is 0. The molecule has 0 amide bonds. The standard InChI is InChI=1S/C25H17ClN4O4S2/c1-34-18-10-11-19-21(13-18)36-23(22(19)26)24-27-28-25(29(24)16-7-3-2-4-8-16)35-14-20(31)15-6-5-9-17(12-15)30(32)33/h2-13H,14H2,1H3. The van der Waals surface area contributed by atoms with E-state index in [0.717, 1.165) is 26.4 Å². The number of nitrogens with zero attached hydrogens (tertiary/aromatic N) is 4. The van der Waals surface area contributed by atoms with E-state index in [1.54, 1.807) is 13.2 Å². The van der Waals surface area contributed by atoms with Crippen LogP contribution in [0.1, 0.15) is 10.4 Å². The summed E-state index contributed by atoms with van der Waals surface area (Å²) in [6.07, 6.45) is 0. The number of halogens is 1. The number of ketones is 1. The van der Waals surface area contributed by atoms with Crippen molar-refractivity contribution in [1.29, 1.82) is 0 Å². The van der Waals surface area contributed by atoms with Crippen LogP contribution in [0.5, 0.6) is 5.75 Å². The third-order valence-corrected chi connectivity index (χ3v) is 7.98. The summed E-state index contributed by atoms with van der Waals surface area (Å²) in [4.78, 5) is 24.1. The lowest BCUT2D eigenvalue weighted by Crippen LogP contribution is -2.05. The second-order valence-corrected chi connectivity index (χ2v) is 9.98. The molecule has 2 heterocycles. The van der Waals surface area contributed by atoms with Crippen LogP contribution in [0.25, 0.3) is 26.5 Å². The molecule has 3 aromatic carbocycles. The first kappa shape index (κ1) is 24.0. The molecule has 5 aromatic rings. The highest BCUT2D eigenvalue weighted by molar-refractivity contribution is 7.99. The number of thiophene rings is 1. The molecule has 0 aliphatic rings. The van der Waals surface area contributed by atoms with E-state index in [4.69, 9.17) is 16.3 Å². The molecule has 0 aliphatic carbocycles. The number of para-hydroxylation sites is 1. The normalized spacial score (nSPS) is 11.1. The number of aromatic nitrogens is 3. The quantitative estimate of drug-likeness (QED) is 0.0941. The second-order valence-electron chi connectivity index (χ2n) is 7.60. The molecule has 0 spiro atoms. The molecule has 0 bridgehead atoms. The van der Waals surface area contributed by atoms with Gasteiger partial charge in [0.25, 0.3) is 5.69 Å². The number of hydrogen-bond donors (Lipinski definition) is 0. The van der Waals surface area contributed by atoms with E-state index in [1.807, 2.05) is 53.1 Å². The molecule has 8 nitrogen and oxygen atoms in total. The highest BCUT2D eigenvalue weighted by Crippen LogP contribution is 2.43. The Morgan fingerprint density at radius 3 is 2.67 bits per heavy atom. The van der Waals surface area contributed by atoms with Gasteiger partial charge >= 0.3 is 0 Å². The van der Waals surface area contributed by atoms with Crippen molar-refractivity contribution in [3.8, 4) is 22.1 Å². The maximum absolute atomic E-state index is 12.8. The van der Waals surface area contributed by atoms with Gasteiger partial charge in [-0.05, 0) is 30.3 Å². The first-order valence-electron chi connectivity index (χ1n) is 10.6. The van der Waals surface area contributed by atoms with Gasteiger partial charge in [0.15, 0.2) is 16.8 Å². The number of ether oxygens (including phenoxy) is 1. The predicted molar refractivity (Wildman–Crippen MR) is 142 cm³/mol. The monoisotopic (exact) mass is 536 g/mol. The number of benzene rings is 3.